The zero-order chi connectivity index (χ0) is 15.9. The SMILES string of the molecule is CN(C)c1ccc(CCNC(=O)CN2CCCCC2=O)cc1. The fraction of sp³-hybridized carbons (Fsp3) is 0.529. The van der Waals surface area contributed by atoms with E-state index in [0.717, 1.165) is 24.9 Å². The lowest BCUT2D eigenvalue weighted by atomic mass is 10.1. The van der Waals surface area contributed by atoms with Gasteiger partial charge in [0.2, 0.25) is 11.8 Å². The van der Waals surface area contributed by atoms with E-state index in [1.165, 1.54) is 5.56 Å². The molecule has 0 unspecified atom stereocenters. The molecule has 0 spiro atoms. The molecule has 2 rings (SSSR count). The molecule has 1 aliphatic rings. The maximum Gasteiger partial charge on any atom is 0.239 e. The first-order chi connectivity index (χ1) is 10.6. The summed E-state index contributed by atoms with van der Waals surface area (Å²) in [5, 5.41) is 2.89. The lowest BCUT2D eigenvalue weighted by molar-refractivity contribution is -0.137. The van der Waals surface area contributed by atoms with Crippen molar-refractivity contribution in [3.63, 3.8) is 0 Å². The Labute approximate surface area is 132 Å². The Bertz CT molecular complexity index is 511. The van der Waals surface area contributed by atoms with Crippen LogP contribution >= 0.6 is 0 Å². The standard InChI is InChI=1S/C17H25N3O2/c1-19(2)15-8-6-14(7-9-15)10-11-18-16(21)13-20-12-4-3-5-17(20)22/h6-9H,3-5,10-13H2,1-2H3,(H,18,21). The molecule has 0 radical (unpaired) electrons. The van der Waals surface area contributed by atoms with Crippen LogP contribution in [0.1, 0.15) is 24.8 Å². The summed E-state index contributed by atoms with van der Waals surface area (Å²) in [6, 6.07) is 8.30. The Morgan fingerprint density at radius 2 is 1.95 bits per heavy atom. The predicted molar refractivity (Wildman–Crippen MR) is 87.9 cm³/mol. The number of hydrogen-bond acceptors (Lipinski definition) is 3. The number of nitrogens with one attached hydrogen (secondary N) is 1. The summed E-state index contributed by atoms with van der Waals surface area (Å²) in [7, 11) is 4.02. The minimum absolute atomic E-state index is 0.0693. The van der Waals surface area contributed by atoms with Crippen LogP contribution in [0.4, 0.5) is 5.69 Å². The van der Waals surface area contributed by atoms with E-state index in [9.17, 15) is 9.59 Å². The molecule has 0 aromatic heterocycles. The number of anilines is 1. The molecule has 1 N–H and O–H groups in total. The molecule has 0 aliphatic carbocycles. The second-order valence-corrected chi connectivity index (χ2v) is 5.93. The summed E-state index contributed by atoms with van der Waals surface area (Å²) in [5.74, 6) is 0.0286. The number of rotatable bonds is 6. The maximum atomic E-state index is 11.9. The van der Waals surface area contributed by atoms with Crippen LogP contribution in [0.3, 0.4) is 0 Å². The van der Waals surface area contributed by atoms with Crippen LogP contribution in [-0.4, -0.2) is 50.4 Å². The highest BCUT2D eigenvalue weighted by Gasteiger charge is 2.19. The summed E-state index contributed by atoms with van der Waals surface area (Å²) >= 11 is 0. The highest BCUT2D eigenvalue weighted by atomic mass is 16.2. The van der Waals surface area contributed by atoms with Crippen molar-refractivity contribution in [2.24, 2.45) is 0 Å². The Morgan fingerprint density at radius 3 is 2.59 bits per heavy atom. The molecule has 1 aliphatic heterocycles. The maximum absolute atomic E-state index is 11.9. The van der Waals surface area contributed by atoms with Crippen molar-refractivity contribution in [3.05, 3.63) is 29.8 Å². The van der Waals surface area contributed by atoms with Gasteiger partial charge in [-0.1, -0.05) is 12.1 Å². The average Bonchev–Trinajstić information content (AvgIpc) is 2.50. The van der Waals surface area contributed by atoms with Crippen molar-refractivity contribution in [1.29, 1.82) is 0 Å². The summed E-state index contributed by atoms with van der Waals surface area (Å²) in [6.07, 6.45) is 3.32. The van der Waals surface area contributed by atoms with Gasteiger partial charge in [-0.25, -0.2) is 0 Å². The van der Waals surface area contributed by atoms with Crippen molar-refractivity contribution < 1.29 is 9.59 Å². The van der Waals surface area contributed by atoms with Crippen LogP contribution in [0.15, 0.2) is 24.3 Å². The van der Waals surface area contributed by atoms with Gasteiger partial charge in [0.05, 0.1) is 6.54 Å². The van der Waals surface area contributed by atoms with Crippen molar-refractivity contribution in [2.75, 3.05) is 38.6 Å². The Hall–Kier alpha value is -2.04. The van der Waals surface area contributed by atoms with E-state index in [2.05, 4.69) is 34.5 Å². The number of carbonyl (C=O) groups excluding carboxylic acids is 2. The van der Waals surface area contributed by atoms with E-state index in [-0.39, 0.29) is 18.4 Å². The van der Waals surface area contributed by atoms with Crippen LogP contribution in [0, 0.1) is 0 Å². The fourth-order valence-corrected chi connectivity index (χ4v) is 2.57. The first kappa shape index (κ1) is 16.3. The van der Waals surface area contributed by atoms with E-state index in [4.69, 9.17) is 0 Å². The molecule has 120 valence electrons. The molecule has 1 aromatic carbocycles. The first-order valence-electron chi connectivity index (χ1n) is 7.87. The topological polar surface area (TPSA) is 52.7 Å². The van der Waals surface area contributed by atoms with Gasteiger partial charge in [-0.2, -0.15) is 0 Å². The largest absolute Gasteiger partial charge is 0.378 e. The Balaban J connectivity index is 1.71. The summed E-state index contributed by atoms with van der Waals surface area (Å²) in [5.41, 5.74) is 2.36. The van der Waals surface area contributed by atoms with Crippen LogP contribution in [0.5, 0.6) is 0 Å². The van der Waals surface area contributed by atoms with E-state index >= 15 is 0 Å². The Morgan fingerprint density at radius 1 is 1.23 bits per heavy atom. The molecule has 1 aromatic rings. The molecular formula is C17H25N3O2. The summed E-state index contributed by atoms with van der Waals surface area (Å²) in [4.78, 5) is 27.2. The second-order valence-electron chi connectivity index (χ2n) is 5.93. The third-order valence-electron chi connectivity index (χ3n) is 3.94. The molecule has 5 heteroatoms. The van der Waals surface area contributed by atoms with Crippen molar-refractivity contribution in [1.82, 2.24) is 10.2 Å². The van der Waals surface area contributed by atoms with Gasteiger partial charge < -0.3 is 15.1 Å². The number of benzene rings is 1. The first-order valence-corrected chi connectivity index (χ1v) is 7.87. The number of hydrogen-bond donors (Lipinski definition) is 1. The normalized spacial score (nSPS) is 14.8. The minimum Gasteiger partial charge on any atom is -0.378 e. The van der Waals surface area contributed by atoms with Gasteiger partial charge in [0, 0.05) is 39.3 Å². The molecule has 0 saturated carbocycles. The highest BCUT2D eigenvalue weighted by Crippen LogP contribution is 2.12. The van der Waals surface area contributed by atoms with Gasteiger partial charge >= 0.3 is 0 Å². The molecule has 1 heterocycles. The number of carbonyl (C=O) groups is 2. The van der Waals surface area contributed by atoms with E-state index < -0.39 is 0 Å². The number of likely N-dealkylation sites (tertiary alicyclic amines) is 1. The second kappa shape index (κ2) is 7.82. The molecule has 0 bridgehead atoms. The average molecular weight is 303 g/mol. The van der Waals surface area contributed by atoms with Crippen molar-refractivity contribution >= 4 is 17.5 Å². The summed E-state index contributed by atoms with van der Waals surface area (Å²) < 4.78 is 0. The van der Waals surface area contributed by atoms with E-state index in [0.29, 0.717) is 19.5 Å². The molecule has 2 amide bonds. The van der Waals surface area contributed by atoms with Gasteiger partial charge in [-0.3, -0.25) is 9.59 Å². The molecule has 0 atom stereocenters. The zero-order valence-electron chi connectivity index (χ0n) is 13.5. The minimum atomic E-state index is -0.0693. The van der Waals surface area contributed by atoms with Crippen molar-refractivity contribution in [2.45, 2.75) is 25.7 Å². The smallest absolute Gasteiger partial charge is 0.239 e. The van der Waals surface area contributed by atoms with Crippen LogP contribution in [0.25, 0.3) is 0 Å². The third-order valence-corrected chi connectivity index (χ3v) is 3.94. The predicted octanol–water partition coefficient (Wildman–Crippen LogP) is 1.42. The lowest BCUT2D eigenvalue weighted by Gasteiger charge is -2.25. The third kappa shape index (κ3) is 4.76. The molecule has 22 heavy (non-hydrogen) atoms. The van der Waals surface area contributed by atoms with Crippen molar-refractivity contribution in [3.8, 4) is 0 Å². The van der Waals surface area contributed by atoms with E-state index in [1.807, 2.05) is 14.1 Å². The number of nitrogens with zero attached hydrogens (tertiary/aromatic N) is 2. The number of piperidine rings is 1. The fourth-order valence-electron chi connectivity index (χ4n) is 2.57. The van der Waals surface area contributed by atoms with Crippen LogP contribution < -0.4 is 10.2 Å². The van der Waals surface area contributed by atoms with Gasteiger partial charge in [0.25, 0.3) is 0 Å². The quantitative estimate of drug-likeness (QED) is 0.865. The molecule has 1 fully saturated rings. The Kier molecular flexibility index (Phi) is 5.81. The molecule has 5 nitrogen and oxygen atoms in total. The zero-order valence-corrected chi connectivity index (χ0v) is 13.5. The monoisotopic (exact) mass is 303 g/mol. The molecular weight excluding hydrogens is 278 g/mol. The van der Waals surface area contributed by atoms with Gasteiger partial charge in [-0.15, -0.1) is 0 Å². The summed E-state index contributed by atoms with van der Waals surface area (Å²) in [6.45, 7) is 1.50. The van der Waals surface area contributed by atoms with Gasteiger partial charge in [0.1, 0.15) is 0 Å². The number of amides is 2. The van der Waals surface area contributed by atoms with Gasteiger partial charge in [-0.05, 0) is 37.0 Å². The molecule has 1 saturated heterocycles. The van der Waals surface area contributed by atoms with Crippen LogP contribution in [0.2, 0.25) is 0 Å². The van der Waals surface area contributed by atoms with Gasteiger partial charge in [0.15, 0.2) is 0 Å². The van der Waals surface area contributed by atoms with Crippen LogP contribution in [-0.2, 0) is 16.0 Å². The lowest BCUT2D eigenvalue weighted by Crippen LogP contribution is -2.43. The highest BCUT2D eigenvalue weighted by molar-refractivity contribution is 5.85. The van der Waals surface area contributed by atoms with E-state index in [1.54, 1.807) is 4.90 Å².